The molecule has 0 unspecified atom stereocenters. The second-order valence-corrected chi connectivity index (χ2v) is 3.69. The van der Waals surface area contributed by atoms with Crippen molar-refractivity contribution in [3.8, 4) is 11.6 Å². The summed E-state index contributed by atoms with van der Waals surface area (Å²) in [6, 6.07) is 8.60. The molecular weight excluding hydrogens is 248 g/mol. The van der Waals surface area contributed by atoms with Gasteiger partial charge in [-0.15, -0.1) is 5.10 Å². The molecule has 1 N–H and O–H groups in total. The first kappa shape index (κ1) is 12.8. The number of ether oxygens (including phenoxy) is 2. The number of aromatic nitrogens is 2. The number of carbonyl (C=O) groups is 1. The van der Waals surface area contributed by atoms with Crippen molar-refractivity contribution in [2.75, 3.05) is 7.11 Å². The molecule has 6 nitrogen and oxygen atoms in total. The van der Waals surface area contributed by atoms with E-state index in [1.54, 1.807) is 19.2 Å². The van der Waals surface area contributed by atoms with Gasteiger partial charge in [0.1, 0.15) is 17.9 Å². The Hall–Kier alpha value is -2.63. The monoisotopic (exact) mass is 260 g/mol. The maximum atomic E-state index is 11.0. The summed E-state index contributed by atoms with van der Waals surface area (Å²) in [6.07, 6.45) is 1.31. The first-order chi connectivity index (χ1) is 9.20. The molecule has 19 heavy (non-hydrogen) atoms. The van der Waals surface area contributed by atoms with Gasteiger partial charge in [-0.2, -0.15) is 5.10 Å². The van der Waals surface area contributed by atoms with Gasteiger partial charge in [-0.3, -0.25) is 0 Å². The number of hydrogen-bond acceptors (Lipinski definition) is 5. The number of hydrogen-bond donors (Lipinski definition) is 1. The molecule has 2 aromatic rings. The highest BCUT2D eigenvalue weighted by molar-refractivity contribution is 5.89. The second kappa shape index (κ2) is 5.81. The van der Waals surface area contributed by atoms with Gasteiger partial charge in [0.15, 0.2) is 0 Å². The van der Waals surface area contributed by atoms with E-state index >= 15 is 0 Å². The molecule has 0 saturated carbocycles. The molecule has 0 bridgehead atoms. The van der Waals surface area contributed by atoms with Crippen LogP contribution in [0.4, 0.5) is 0 Å². The van der Waals surface area contributed by atoms with Crippen LogP contribution in [0.2, 0.25) is 0 Å². The Morgan fingerprint density at radius 2 is 2.00 bits per heavy atom. The molecule has 6 heteroatoms. The van der Waals surface area contributed by atoms with Crippen molar-refractivity contribution in [3.63, 3.8) is 0 Å². The first-order valence-electron chi connectivity index (χ1n) is 5.51. The number of methoxy groups -OCH3 is 1. The third kappa shape index (κ3) is 3.19. The molecule has 0 radical (unpaired) electrons. The van der Waals surface area contributed by atoms with E-state index in [9.17, 15) is 4.79 Å². The molecule has 1 aromatic heterocycles. The zero-order chi connectivity index (χ0) is 13.7. The van der Waals surface area contributed by atoms with Crippen molar-refractivity contribution in [3.05, 3.63) is 47.7 Å². The lowest BCUT2D eigenvalue weighted by atomic mass is 10.2. The fourth-order valence-corrected chi connectivity index (χ4v) is 1.46. The van der Waals surface area contributed by atoms with Crippen LogP contribution in [0.3, 0.4) is 0 Å². The van der Waals surface area contributed by atoms with E-state index in [2.05, 4.69) is 10.2 Å². The quantitative estimate of drug-likeness (QED) is 0.882. The zero-order valence-electron chi connectivity index (χ0n) is 10.2. The lowest BCUT2D eigenvalue weighted by molar-refractivity contribution is 0.0690. The van der Waals surface area contributed by atoms with Crippen molar-refractivity contribution < 1.29 is 19.4 Å². The Morgan fingerprint density at radius 1 is 1.26 bits per heavy atom. The maximum Gasteiger partial charge on any atom is 0.341 e. The van der Waals surface area contributed by atoms with Crippen molar-refractivity contribution >= 4 is 5.97 Å². The van der Waals surface area contributed by atoms with Crippen LogP contribution in [0.25, 0.3) is 0 Å². The number of rotatable bonds is 5. The van der Waals surface area contributed by atoms with Crippen LogP contribution in [0.1, 0.15) is 15.9 Å². The largest absolute Gasteiger partial charge is 0.497 e. The normalized spacial score (nSPS) is 9.95. The lowest BCUT2D eigenvalue weighted by Crippen LogP contribution is -2.06. The lowest BCUT2D eigenvalue weighted by Gasteiger charge is -2.07. The van der Waals surface area contributed by atoms with Gasteiger partial charge < -0.3 is 14.6 Å². The van der Waals surface area contributed by atoms with Crippen LogP contribution in [0.5, 0.6) is 11.6 Å². The van der Waals surface area contributed by atoms with Crippen molar-refractivity contribution in [1.82, 2.24) is 10.2 Å². The fraction of sp³-hybridized carbons (Fsp3) is 0.154. The van der Waals surface area contributed by atoms with Crippen LogP contribution in [0, 0.1) is 0 Å². The van der Waals surface area contributed by atoms with Gasteiger partial charge in [0.25, 0.3) is 0 Å². The SMILES string of the molecule is COc1ccc(COc2nnccc2C(=O)O)cc1. The minimum absolute atomic E-state index is 0.00539. The molecule has 0 atom stereocenters. The summed E-state index contributed by atoms with van der Waals surface area (Å²) < 4.78 is 10.4. The summed E-state index contributed by atoms with van der Waals surface area (Å²) in [6.45, 7) is 0.211. The van der Waals surface area contributed by atoms with Gasteiger partial charge in [-0.25, -0.2) is 4.79 Å². The van der Waals surface area contributed by atoms with Crippen LogP contribution in [-0.2, 0) is 6.61 Å². The average molecular weight is 260 g/mol. The average Bonchev–Trinajstić information content (AvgIpc) is 2.46. The summed E-state index contributed by atoms with van der Waals surface area (Å²) in [5, 5.41) is 16.2. The molecular formula is C13H12N2O4. The summed E-state index contributed by atoms with van der Waals surface area (Å²) in [5.41, 5.74) is 0.867. The van der Waals surface area contributed by atoms with Crippen molar-refractivity contribution in [2.45, 2.75) is 6.61 Å². The Balaban J connectivity index is 2.07. The number of aromatic carboxylic acids is 1. The first-order valence-corrected chi connectivity index (χ1v) is 5.51. The maximum absolute atomic E-state index is 11.0. The van der Waals surface area contributed by atoms with Gasteiger partial charge in [-0.1, -0.05) is 12.1 Å². The van der Waals surface area contributed by atoms with Gasteiger partial charge in [-0.05, 0) is 23.8 Å². The summed E-state index contributed by atoms with van der Waals surface area (Å²) in [7, 11) is 1.59. The Bertz CT molecular complexity index is 569. The van der Waals surface area contributed by atoms with E-state index in [-0.39, 0.29) is 18.1 Å². The smallest absolute Gasteiger partial charge is 0.341 e. The minimum atomic E-state index is -1.10. The van der Waals surface area contributed by atoms with Crippen molar-refractivity contribution in [1.29, 1.82) is 0 Å². The number of benzene rings is 1. The third-order valence-corrected chi connectivity index (χ3v) is 2.45. The van der Waals surface area contributed by atoms with Gasteiger partial charge in [0.05, 0.1) is 13.3 Å². The molecule has 2 rings (SSSR count). The molecule has 1 heterocycles. The standard InChI is InChI=1S/C13H12N2O4/c1-18-10-4-2-9(3-5-10)8-19-12-11(13(16)17)6-7-14-15-12/h2-7H,8H2,1H3,(H,16,17). The minimum Gasteiger partial charge on any atom is -0.497 e. The topological polar surface area (TPSA) is 81.5 Å². The summed E-state index contributed by atoms with van der Waals surface area (Å²) >= 11 is 0. The van der Waals surface area contributed by atoms with E-state index < -0.39 is 5.97 Å². The summed E-state index contributed by atoms with van der Waals surface area (Å²) in [4.78, 5) is 11.0. The third-order valence-electron chi connectivity index (χ3n) is 2.45. The molecule has 0 aliphatic heterocycles. The van der Waals surface area contributed by atoms with E-state index in [0.717, 1.165) is 11.3 Å². The van der Waals surface area contributed by atoms with Gasteiger partial charge in [0, 0.05) is 0 Å². The van der Waals surface area contributed by atoms with Crippen LogP contribution >= 0.6 is 0 Å². The molecule has 0 fully saturated rings. The predicted molar refractivity (Wildman–Crippen MR) is 66.3 cm³/mol. The van der Waals surface area contributed by atoms with E-state index in [1.165, 1.54) is 12.3 Å². The van der Waals surface area contributed by atoms with E-state index in [0.29, 0.717) is 0 Å². The fourth-order valence-electron chi connectivity index (χ4n) is 1.46. The van der Waals surface area contributed by atoms with E-state index in [4.69, 9.17) is 14.6 Å². The number of nitrogens with zero attached hydrogens (tertiary/aromatic N) is 2. The van der Waals surface area contributed by atoms with E-state index in [1.807, 2.05) is 12.1 Å². The molecule has 98 valence electrons. The van der Waals surface area contributed by atoms with Crippen LogP contribution < -0.4 is 9.47 Å². The second-order valence-electron chi connectivity index (χ2n) is 3.69. The number of carboxylic acid groups (broad SMARTS) is 1. The molecule has 0 amide bonds. The Kier molecular flexibility index (Phi) is 3.92. The highest BCUT2D eigenvalue weighted by Crippen LogP contribution is 2.16. The number of carboxylic acids is 1. The molecule has 1 aromatic carbocycles. The molecule has 0 aliphatic rings. The molecule has 0 saturated heterocycles. The van der Waals surface area contributed by atoms with Gasteiger partial charge in [0.2, 0.25) is 5.88 Å². The Labute approximate surface area is 109 Å². The molecule has 0 aliphatic carbocycles. The van der Waals surface area contributed by atoms with Crippen LogP contribution in [0.15, 0.2) is 36.5 Å². The van der Waals surface area contributed by atoms with Gasteiger partial charge >= 0.3 is 5.97 Å². The van der Waals surface area contributed by atoms with Crippen molar-refractivity contribution in [2.24, 2.45) is 0 Å². The summed E-state index contributed by atoms with van der Waals surface area (Å²) in [5.74, 6) is -0.347. The predicted octanol–water partition coefficient (Wildman–Crippen LogP) is 1.76. The highest BCUT2D eigenvalue weighted by Gasteiger charge is 2.12. The Morgan fingerprint density at radius 3 is 2.63 bits per heavy atom. The highest BCUT2D eigenvalue weighted by atomic mass is 16.5. The zero-order valence-corrected chi connectivity index (χ0v) is 10.2. The van der Waals surface area contributed by atoms with Crippen LogP contribution in [-0.4, -0.2) is 28.4 Å². The molecule has 0 spiro atoms.